The number of hydrogen-bond acceptors (Lipinski definition) is 6. The highest BCUT2D eigenvalue weighted by atomic mass is 16.5. The fourth-order valence-electron chi connectivity index (χ4n) is 2.66. The molecule has 0 atom stereocenters. The lowest BCUT2D eigenvalue weighted by Gasteiger charge is -2.17. The molecule has 3 rings (SSSR count). The van der Waals surface area contributed by atoms with Crippen molar-refractivity contribution >= 4 is 17.0 Å². The first kappa shape index (κ1) is 14.8. The molecule has 1 aliphatic heterocycles. The molecule has 7 heteroatoms. The van der Waals surface area contributed by atoms with Crippen molar-refractivity contribution in [1.82, 2.24) is 15.0 Å². The Morgan fingerprint density at radius 1 is 1.36 bits per heavy atom. The average molecular weight is 303 g/mol. The number of likely N-dealkylation sites (N-methyl/N-ethyl adjacent to an activating group) is 1. The SMILES string of the molecule is CCN(CC)CCNc1nc2cc3c(cc2[n+]([O-])n1)CCO3. The molecule has 0 bridgehead atoms. The number of nitrogens with zero attached hydrogens (tertiary/aromatic N) is 4. The summed E-state index contributed by atoms with van der Waals surface area (Å²) in [4.78, 5) is 7.35. The van der Waals surface area contributed by atoms with Gasteiger partial charge in [0.2, 0.25) is 0 Å². The molecule has 1 aliphatic rings. The summed E-state index contributed by atoms with van der Waals surface area (Å²) in [6.45, 7) is 8.51. The summed E-state index contributed by atoms with van der Waals surface area (Å²) >= 11 is 0. The standard InChI is InChI=1S/C15H21N5O2/c1-3-19(4-2)7-6-16-15-17-12-10-14-11(5-8-22-14)9-13(12)20(21)18-15/h9-10H,3-8H2,1-2H3,(H,16,17,18). The van der Waals surface area contributed by atoms with Crippen molar-refractivity contribution in [3.05, 3.63) is 22.9 Å². The fraction of sp³-hybridized carbons (Fsp3) is 0.533. The summed E-state index contributed by atoms with van der Waals surface area (Å²) in [5.41, 5.74) is 2.14. The van der Waals surface area contributed by atoms with Crippen LogP contribution in [0.2, 0.25) is 0 Å². The van der Waals surface area contributed by atoms with Crippen LogP contribution in [0.25, 0.3) is 11.0 Å². The Labute approximate surface area is 129 Å². The maximum Gasteiger partial charge on any atom is 0.290 e. The Hall–Kier alpha value is -2.15. The number of hydrogen-bond donors (Lipinski definition) is 1. The Bertz CT molecular complexity index is 673. The summed E-state index contributed by atoms with van der Waals surface area (Å²) in [6, 6.07) is 3.65. The molecule has 0 unspecified atom stereocenters. The van der Waals surface area contributed by atoms with Crippen LogP contribution in [-0.4, -0.2) is 47.8 Å². The number of fused-ring (bicyclic) bond motifs is 2. The van der Waals surface area contributed by atoms with E-state index in [1.54, 1.807) is 0 Å². The molecule has 0 aliphatic carbocycles. The van der Waals surface area contributed by atoms with Crippen molar-refractivity contribution in [2.24, 2.45) is 0 Å². The molecular weight excluding hydrogens is 282 g/mol. The van der Waals surface area contributed by atoms with Crippen LogP contribution < -0.4 is 14.9 Å². The summed E-state index contributed by atoms with van der Waals surface area (Å²) in [5.74, 6) is 1.17. The lowest BCUT2D eigenvalue weighted by Crippen LogP contribution is -2.35. The molecule has 0 saturated heterocycles. The van der Waals surface area contributed by atoms with Crippen molar-refractivity contribution in [1.29, 1.82) is 0 Å². The van der Waals surface area contributed by atoms with Crippen LogP contribution in [0.5, 0.6) is 5.75 Å². The minimum Gasteiger partial charge on any atom is -0.594 e. The maximum atomic E-state index is 12.1. The monoisotopic (exact) mass is 303 g/mol. The Balaban J connectivity index is 1.78. The molecule has 1 aromatic heterocycles. The van der Waals surface area contributed by atoms with E-state index in [1.165, 1.54) is 0 Å². The molecule has 7 nitrogen and oxygen atoms in total. The summed E-state index contributed by atoms with van der Waals surface area (Å²) in [5, 5.41) is 19.2. The van der Waals surface area contributed by atoms with Gasteiger partial charge in [0.05, 0.1) is 11.7 Å². The number of anilines is 1. The Morgan fingerprint density at radius 3 is 2.95 bits per heavy atom. The molecule has 1 aromatic carbocycles. The maximum absolute atomic E-state index is 12.1. The van der Waals surface area contributed by atoms with Crippen LogP contribution in [0.4, 0.5) is 5.95 Å². The van der Waals surface area contributed by atoms with E-state index in [0.29, 0.717) is 35.0 Å². The largest absolute Gasteiger partial charge is 0.594 e. The Morgan fingerprint density at radius 2 is 2.18 bits per heavy atom. The van der Waals surface area contributed by atoms with E-state index in [2.05, 4.69) is 34.1 Å². The van der Waals surface area contributed by atoms with Crippen molar-refractivity contribution < 1.29 is 9.58 Å². The number of benzene rings is 1. The first-order valence-electron chi connectivity index (χ1n) is 7.74. The second kappa shape index (κ2) is 6.31. The quantitative estimate of drug-likeness (QED) is 0.632. The normalized spacial score (nSPS) is 13.4. The zero-order valence-electron chi connectivity index (χ0n) is 13.0. The van der Waals surface area contributed by atoms with Crippen molar-refractivity contribution in [3.8, 4) is 5.75 Å². The molecule has 0 fully saturated rings. The summed E-state index contributed by atoms with van der Waals surface area (Å²) < 4.78 is 5.53. The summed E-state index contributed by atoms with van der Waals surface area (Å²) in [7, 11) is 0. The molecule has 2 heterocycles. The van der Waals surface area contributed by atoms with Crippen LogP contribution in [0.3, 0.4) is 0 Å². The molecule has 0 amide bonds. The van der Waals surface area contributed by atoms with Gasteiger partial charge in [-0.25, -0.2) is 4.98 Å². The zero-order chi connectivity index (χ0) is 15.5. The van der Waals surface area contributed by atoms with E-state index in [-0.39, 0.29) is 0 Å². The second-order valence-electron chi connectivity index (χ2n) is 5.31. The van der Waals surface area contributed by atoms with Gasteiger partial charge in [0.1, 0.15) is 11.3 Å². The van der Waals surface area contributed by atoms with Crippen LogP contribution in [0.15, 0.2) is 12.1 Å². The number of rotatable bonds is 6. The fourth-order valence-corrected chi connectivity index (χ4v) is 2.66. The van der Waals surface area contributed by atoms with Crippen molar-refractivity contribution in [3.63, 3.8) is 0 Å². The lowest BCUT2D eigenvalue weighted by molar-refractivity contribution is -0.641. The van der Waals surface area contributed by atoms with Gasteiger partial charge in [-0.3, -0.25) is 0 Å². The van der Waals surface area contributed by atoms with Gasteiger partial charge in [-0.2, -0.15) is 0 Å². The smallest absolute Gasteiger partial charge is 0.290 e. The first-order valence-corrected chi connectivity index (χ1v) is 7.74. The molecule has 2 aromatic rings. The average Bonchev–Trinajstić information content (AvgIpc) is 2.97. The van der Waals surface area contributed by atoms with Crippen LogP contribution in [0, 0.1) is 5.21 Å². The number of ether oxygens (including phenoxy) is 1. The second-order valence-corrected chi connectivity index (χ2v) is 5.31. The first-order chi connectivity index (χ1) is 10.7. The van der Waals surface area contributed by atoms with Gasteiger partial charge in [-0.15, -0.1) is 0 Å². The molecule has 1 N–H and O–H groups in total. The molecule has 0 saturated carbocycles. The van der Waals surface area contributed by atoms with Crippen molar-refractivity contribution in [2.45, 2.75) is 20.3 Å². The van der Waals surface area contributed by atoms with Crippen molar-refractivity contribution in [2.75, 3.05) is 38.1 Å². The predicted molar refractivity (Wildman–Crippen MR) is 84.0 cm³/mol. The van der Waals surface area contributed by atoms with Crippen LogP contribution in [-0.2, 0) is 6.42 Å². The van der Waals surface area contributed by atoms with Gasteiger partial charge in [-0.05, 0) is 17.9 Å². The van der Waals surface area contributed by atoms with Gasteiger partial charge < -0.3 is 20.2 Å². The molecule has 118 valence electrons. The highest BCUT2D eigenvalue weighted by Gasteiger charge is 2.19. The minimum atomic E-state index is 0.354. The van der Waals surface area contributed by atoms with Gasteiger partial charge in [-0.1, -0.05) is 13.8 Å². The lowest BCUT2D eigenvalue weighted by atomic mass is 10.1. The van der Waals surface area contributed by atoms with E-state index in [4.69, 9.17) is 4.74 Å². The molecular formula is C15H21N5O2. The van der Waals surface area contributed by atoms with E-state index < -0.39 is 0 Å². The third-order valence-corrected chi connectivity index (χ3v) is 4.01. The van der Waals surface area contributed by atoms with E-state index >= 15 is 0 Å². The molecule has 0 radical (unpaired) electrons. The van der Waals surface area contributed by atoms with Gasteiger partial charge in [0.15, 0.2) is 0 Å². The molecule has 22 heavy (non-hydrogen) atoms. The van der Waals surface area contributed by atoms with E-state index in [0.717, 1.165) is 37.4 Å². The third kappa shape index (κ3) is 2.89. The minimum absolute atomic E-state index is 0.354. The summed E-state index contributed by atoms with van der Waals surface area (Å²) in [6.07, 6.45) is 0.829. The highest BCUT2D eigenvalue weighted by molar-refractivity contribution is 5.75. The van der Waals surface area contributed by atoms with Gasteiger partial charge in [0, 0.05) is 37.2 Å². The van der Waals surface area contributed by atoms with Crippen LogP contribution in [0.1, 0.15) is 19.4 Å². The number of nitrogens with one attached hydrogen (secondary N) is 1. The highest BCUT2D eigenvalue weighted by Crippen LogP contribution is 2.28. The van der Waals surface area contributed by atoms with E-state index in [9.17, 15) is 5.21 Å². The topological polar surface area (TPSA) is 77.2 Å². The van der Waals surface area contributed by atoms with E-state index in [1.807, 2.05) is 12.1 Å². The van der Waals surface area contributed by atoms with Gasteiger partial charge in [0.25, 0.3) is 11.5 Å². The third-order valence-electron chi connectivity index (χ3n) is 4.01. The molecule has 0 spiro atoms. The van der Waals surface area contributed by atoms with Gasteiger partial charge >= 0.3 is 0 Å². The predicted octanol–water partition coefficient (Wildman–Crippen LogP) is 0.952. The zero-order valence-corrected chi connectivity index (χ0v) is 13.0. The Kier molecular flexibility index (Phi) is 4.24. The van der Waals surface area contributed by atoms with Crippen LogP contribution >= 0.6 is 0 Å². The number of aromatic nitrogens is 3.